The van der Waals surface area contributed by atoms with Gasteiger partial charge in [0.1, 0.15) is 0 Å². The van der Waals surface area contributed by atoms with Crippen molar-refractivity contribution >= 4 is 0 Å². The smallest absolute Gasteiger partial charge is 0.0246 e. The van der Waals surface area contributed by atoms with Crippen molar-refractivity contribution in [2.75, 3.05) is 0 Å². The molecule has 0 aliphatic heterocycles. The summed E-state index contributed by atoms with van der Waals surface area (Å²) in [6.45, 7) is 6.80. The van der Waals surface area contributed by atoms with E-state index >= 15 is 0 Å². The summed E-state index contributed by atoms with van der Waals surface area (Å²) in [5.41, 5.74) is 0. The summed E-state index contributed by atoms with van der Waals surface area (Å²) >= 11 is 0. The molecule has 0 heterocycles. The van der Waals surface area contributed by atoms with Gasteiger partial charge in [0.2, 0.25) is 0 Å². The van der Waals surface area contributed by atoms with Crippen molar-refractivity contribution < 1.29 is 0 Å². The van der Waals surface area contributed by atoms with E-state index in [2.05, 4.69) is 20.8 Å². The van der Waals surface area contributed by atoms with Gasteiger partial charge in [0, 0.05) is 0 Å². The molecule has 0 atom stereocenters. The first kappa shape index (κ1) is 10.0. The van der Waals surface area contributed by atoms with E-state index in [0.29, 0.717) is 0 Å². The van der Waals surface area contributed by atoms with Gasteiger partial charge in [-0.05, 0) is 25.2 Å². The first-order valence-corrected chi connectivity index (χ1v) is 4.68. The lowest BCUT2D eigenvalue weighted by Gasteiger charge is -2.09. The molecule has 0 nitrogen and oxygen atoms in total. The lowest BCUT2D eigenvalue weighted by Crippen LogP contribution is -1.92. The molecule has 0 rings (SSSR count). The molecule has 0 aliphatic rings. The van der Waals surface area contributed by atoms with Crippen LogP contribution < -0.4 is 0 Å². The molecule has 0 saturated carbocycles. The quantitative estimate of drug-likeness (QED) is 0.491. The summed E-state index contributed by atoms with van der Waals surface area (Å²) in [7, 11) is 0. The normalized spacial score (nSPS) is 10.8. The van der Waals surface area contributed by atoms with Crippen LogP contribution in [-0.2, 0) is 0 Å². The first-order chi connectivity index (χ1) is 4.85. The van der Waals surface area contributed by atoms with Crippen molar-refractivity contribution in [2.24, 2.45) is 0 Å². The third-order valence-electron chi connectivity index (χ3n) is 2.13. The fourth-order valence-electron chi connectivity index (χ4n) is 1.23. The second-order valence-corrected chi connectivity index (χ2v) is 2.91. The van der Waals surface area contributed by atoms with Gasteiger partial charge in [-0.3, -0.25) is 0 Å². The maximum absolute atomic E-state index is 2.27. The van der Waals surface area contributed by atoms with Crippen LogP contribution in [0.5, 0.6) is 0 Å². The summed E-state index contributed by atoms with van der Waals surface area (Å²) in [6, 6.07) is 0. The molecule has 0 amide bonds. The molecular weight excluding hydrogens is 120 g/mol. The van der Waals surface area contributed by atoms with Gasteiger partial charge in [-0.25, -0.2) is 0 Å². The second-order valence-electron chi connectivity index (χ2n) is 2.91. The zero-order valence-electron chi connectivity index (χ0n) is 7.74. The molecule has 0 heteroatoms. The van der Waals surface area contributed by atoms with E-state index in [1.54, 1.807) is 5.92 Å². The molecular formula is C10H21. The molecule has 0 saturated heterocycles. The predicted octanol–water partition coefficient (Wildman–Crippen LogP) is 3.96. The highest BCUT2D eigenvalue weighted by atomic mass is 14.1. The average molecular weight is 141 g/mol. The van der Waals surface area contributed by atoms with Crippen molar-refractivity contribution in [2.45, 2.75) is 59.3 Å². The first-order valence-electron chi connectivity index (χ1n) is 4.68. The van der Waals surface area contributed by atoms with Crippen LogP contribution in [0, 0.1) is 5.92 Å². The lowest BCUT2D eigenvalue weighted by molar-refractivity contribution is 0.624. The number of unbranched alkanes of at least 4 members (excludes halogenated alkanes) is 2. The SMILES string of the molecule is CCCCC[C](CC)CC. The van der Waals surface area contributed by atoms with E-state index < -0.39 is 0 Å². The van der Waals surface area contributed by atoms with Crippen molar-refractivity contribution in [3.8, 4) is 0 Å². The van der Waals surface area contributed by atoms with Gasteiger partial charge < -0.3 is 0 Å². The van der Waals surface area contributed by atoms with Crippen molar-refractivity contribution in [1.82, 2.24) is 0 Å². The van der Waals surface area contributed by atoms with Gasteiger partial charge in [0.05, 0.1) is 0 Å². The molecule has 0 aromatic rings. The highest BCUT2D eigenvalue weighted by Gasteiger charge is 2.01. The van der Waals surface area contributed by atoms with Gasteiger partial charge in [-0.15, -0.1) is 0 Å². The third-order valence-corrected chi connectivity index (χ3v) is 2.13. The molecule has 10 heavy (non-hydrogen) atoms. The van der Waals surface area contributed by atoms with Crippen LogP contribution >= 0.6 is 0 Å². The number of hydrogen-bond acceptors (Lipinski definition) is 0. The van der Waals surface area contributed by atoms with Gasteiger partial charge >= 0.3 is 0 Å². The topological polar surface area (TPSA) is 0 Å². The van der Waals surface area contributed by atoms with Gasteiger partial charge in [0.15, 0.2) is 0 Å². The van der Waals surface area contributed by atoms with E-state index in [1.807, 2.05) is 0 Å². The minimum atomic E-state index is 1.29. The monoisotopic (exact) mass is 141 g/mol. The maximum atomic E-state index is 2.27. The standard InChI is InChI=1S/C10H21/c1-4-7-8-9-10(5-2)6-3/h4-9H2,1-3H3. The van der Waals surface area contributed by atoms with E-state index in [9.17, 15) is 0 Å². The van der Waals surface area contributed by atoms with E-state index in [4.69, 9.17) is 0 Å². The summed E-state index contributed by atoms with van der Waals surface area (Å²) < 4.78 is 0. The van der Waals surface area contributed by atoms with E-state index in [1.165, 1.54) is 38.5 Å². The highest BCUT2D eigenvalue weighted by molar-refractivity contribution is 4.85. The van der Waals surface area contributed by atoms with E-state index in [-0.39, 0.29) is 0 Å². The average Bonchev–Trinajstić information content (AvgIpc) is 1.99. The third kappa shape index (κ3) is 4.84. The van der Waals surface area contributed by atoms with Crippen LogP contribution in [0.2, 0.25) is 0 Å². The molecule has 0 unspecified atom stereocenters. The Kier molecular flexibility index (Phi) is 7.11. The minimum Gasteiger partial charge on any atom is -0.0654 e. The summed E-state index contributed by atoms with van der Waals surface area (Å²) in [5, 5.41) is 0. The van der Waals surface area contributed by atoms with Crippen molar-refractivity contribution in [1.29, 1.82) is 0 Å². The van der Waals surface area contributed by atoms with Gasteiger partial charge in [0.25, 0.3) is 0 Å². The Bertz CT molecular complexity index is 53.1. The maximum Gasteiger partial charge on any atom is -0.0246 e. The van der Waals surface area contributed by atoms with Crippen LogP contribution in [-0.4, -0.2) is 0 Å². The number of rotatable bonds is 6. The zero-order valence-corrected chi connectivity index (χ0v) is 7.74. The minimum absolute atomic E-state index is 1.29. The molecule has 1 radical (unpaired) electrons. The van der Waals surface area contributed by atoms with Gasteiger partial charge in [-0.2, -0.15) is 0 Å². The molecule has 0 N–H and O–H groups in total. The summed E-state index contributed by atoms with van der Waals surface area (Å²) in [5.74, 6) is 1.74. The molecule has 0 aliphatic carbocycles. The van der Waals surface area contributed by atoms with Crippen LogP contribution in [0.3, 0.4) is 0 Å². The zero-order chi connectivity index (χ0) is 7.82. The summed E-state index contributed by atoms with van der Waals surface area (Å²) in [6.07, 6.45) is 8.12. The molecule has 0 aromatic carbocycles. The van der Waals surface area contributed by atoms with Crippen molar-refractivity contribution in [3.05, 3.63) is 5.92 Å². The largest absolute Gasteiger partial charge is 0.0654 e. The van der Waals surface area contributed by atoms with Crippen LogP contribution in [0.15, 0.2) is 0 Å². The van der Waals surface area contributed by atoms with Crippen molar-refractivity contribution in [3.63, 3.8) is 0 Å². The highest BCUT2D eigenvalue weighted by Crippen LogP contribution is 2.18. The Morgan fingerprint density at radius 1 is 0.900 bits per heavy atom. The Morgan fingerprint density at radius 2 is 1.50 bits per heavy atom. The molecule has 61 valence electrons. The fourth-order valence-corrected chi connectivity index (χ4v) is 1.23. The van der Waals surface area contributed by atoms with Crippen LogP contribution in [0.4, 0.5) is 0 Å². The Labute approximate surface area is 66.0 Å². The Balaban J connectivity index is 3.09. The molecule has 0 bridgehead atoms. The van der Waals surface area contributed by atoms with Gasteiger partial charge in [-0.1, -0.05) is 40.0 Å². The fraction of sp³-hybridized carbons (Fsp3) is 0.900. The van der Waals surface area contributed by atoms with Crippen LogP contribution in [0.25, 0.3) is 0 Å². The Hall–Kier alpha value is 0. The van der Waals surface area contributed by atoms with E-state index in [0.717, 1.165) is 0 Å². The predicted molar refractivity (Wildman–Crippen MR) is 48.0 cm³/mol. The molecule has 0 fully saturated rings. The van der Waals surface area contributed by atoms with Crippen LogP contribution in [0.1, 0.15) is 59.3 Å². The number of hydrogen-bond donors (Lipinski definition) is 0. The molecule has 0 spiro atoms. The summed E-state index contributed by atoms with van der Waals surface area (Å²) in [4.78, 5) is 0. The second kappa shape index (κ2) is 7.11. The molecule has 0 aromatic heterocycles. The Morgan fingerprint density at radius 3 is 1.90 bits per heavy atom. The lowest BCUT2D eigenvalue weighted by atomic mass is 9.96.